The fourth-order valence-corrected chi connectivity index (χ4v) is 2.66. The Kier molecular flexibility index (Phi) is 5.89. The Hall–Kier alpha value is -0.990. The first-order valence-electron chi connectivity index (χ1n) is 5.56. The highest BCUT2D eigenvalue weighted by atomic mass is 79.9. The first-order chi connectivity index (χ1) is 8.85. The smallest absolute Gasteiger partial charge is 0.251 e. The fourth-order valence-electron chi connectivity index (χ4n) is 1.33. The summed E-state index contributed by atoms with van der Waals surface area (Å²) < 4.78 is 38.1. The summed E-state index contributed by atoms with van der Waals surface area (Å²) in [5.41, 5.74) is 0.258. The van der Waals surface area contributed by atoms with Gasteiger partial charge in [-0.1, -0.05) is 6.92 Å². The minimum atomic E-state index is -3.36. The third kappa shape index (κ3) is 5.25. The van der Waals surface area contributed by atoms with Gasteiger partial charge >= 0.3 is 0 Å². The second kappa shape index (κ2) is 6.97. The molecule has 0 fully saturated rings. The van der Waals surface area contributed by atoms with E-state index >= 15 is 0 Å². The maximum absolute atomic E-state index is 13.0. The quantitative estimate of drug-likeness (QED) is 0.809. The van der Waals surface area contributed by atoms with Gasteiger partial charge in [0.25, 0.3) is 5.91 Å². The summed E-state index contributed by atoms with van der Waals surface area (Å²) in [7, 11) is -3.36. The van der Waals surface area contributed by atoms with Gasteiger partial charge in [0.2, 0.25) is 10.0 Å². The molecule has 1 aromatic rings. The predicted octanol–water partition coefficient (Wildman–Crippen LogP) is 1.26. The molecule has 5 nitrogen and oxygen atoms in total. The third-order valence-corrected chi connectivity index (χ3v) is 4.28. The largest absolute Gasteiger partial charge is 0.351 e. The van der Waals surface area contributed by atoms with Crippen LogP contribution < -0.4 is 10.0 Å². The number of amides is 1. The highest BCUT2D eigenvalue weighted by Crippen LogP contribution is 2.16. The van der Waals surface area contributed by atoms with Crippen molar-refractivity contribution in [2.75, 3.05) is 18.8 Å². The van der Waals surface area contributed by atoms with E-state index in [0.29, 0.717) is 6.54 Å². The average Bonchev–Trinajstić information content (AvgIpc) is 2.32. The monoisotopic (exact) mass is 352 g/mol. The maximum atomic E-state index is 13.0. The van der Waals surface area contributed by atoms with Gasteiger partial charge in [0, 0.05) is 18.7 Å². The molecule has 0 spiro atoms. The highest BCUT2D eigenvalue weighted by molar-refractivity contribution is 9.10. The lowest BCUT2D eigenvalue weighted by Crippen LogP contribution is -2.34. The Bertz CT molecular complexity index is 563. The molecule has 8 heteroatoms. The second-order valence-electron chi connectivity index (χ2n) is 3.70. The molecule has 0 unspecified atom stereocenters. The molecule has 0 aliphatic rings. The van der Waals surface area contributed by atoms with Gasteiger partial charge in [0.15, 0.2) is 0 Å². The van der Waals surface area contributed by atoms with Gasteiger partial charge in [-0.2, -0.15) is 0 Å². The molecular formula is C11H14BrFN2O3S. The topological polar surface area (TPSA) is 75.3 Å². The number of sulfonamides is 1. The maximum Gasteiger partial charge on any atom is 0.251 e. The molecule has 19 heavy (non-hydrogen) atoms. The normalized spacial score (nSPS) is 11.3. The van der Waals surface area contributed by atoms with E-state index in [0.717, 1.165) is 6.07 Å². The van der Waals surface area contributed by atoms with Crippen LogP contribution in [0.25, 0.3) is 0 Å². The molecule has 1 amide bonds. The molecule has 2 N–H and O–H groups in total. The fraction of sp³-hybridized carbons (Fsp3) is 0.364. The van der Waals surface area contributed by atoms with Crippen molar-refractivity contribution < 1.29 is 17.6 Å². The van der Waals surface area contributed by atoms with Crippen LogP contribution in [0.1, 0.15) is 17.3 Å². The van der Waals surface area contributed by atoms with Crippen molar-refractivity contribution in [3.05, 3.63) is 34.1 Å². The van der Waals surface area contributed by atoms with Gasteiger partial charge in [0.1, 0.15) is 5.82 Å². The van der Waals surface area contributed by atoms with Crippen LogP contribution in [-0.4, -0.2) is 33.2 Å². The Morgan fingerprint density at radius 1 is 1.42 bits per heavy atom. The minimum Gasteiger partial charge on any atom is -0.351 e. The van der Waals surface area contributed by atoms with Crippen LogP contribution >= 0.6 is 15.9 Å². The minimum absolute atomic E-state index is 0.0108. The summed E-state index contributed by atoms with van der Waals surface area (Å²) in [4.78, 5) is 11.7. The molecule has 0 radical (unpaired) electrons. The van der Waals surface area contributed by atoms with E-state index < -0.39 is 21.7 Å². The molecule has 0 aromatic heterocycles. The van der Waals surface area contributed by atoms with Crippen molar-refractivity contribution in [3.8, 4) is 0 Å². The zero-order valence-corrected chi connectivity index (χ0v) is 12.6. The van der Waals surface area contributed by atoms with Crippen LogP contribution in [0.2, 0.25) is 0 Å². The number of halogens is 2. The summed E-state index contributed by atoms with van der Waals surface area (Å²) in [6, 6.07) is 3.83. The Morgan fingerprint density at radius 2 is 2.11 bits per heavy atom. The number of hydrogen-bond donors (Lipinski definition) is 2. The van der Waals surface area contributed by atoms with Crippen molar-refractivity contribution in [2.24, 2.45) is 0 Å². The van der Waals surface area contributed by atoms with Crippen LogP contribution in [0.4, 0.5) is 4.39 Å². The van der Waals surface area contributed by atoms with Crippen molar-refractivity contribution >= 4 is 31.9 Å². The van der Waals surface area contributed by atoms with E-state index in [1.54, 1.807) is 6.92 Å². The number of carbonyl (C=O) groups excluding carboxylic acids is 1. The molecule has 0 heterocycles. The molecule has 0 aliphatic heterocycles. The number of nitrogens with one attached hydrogen (secondary N) is 2. The first kappa shape index (κ1) is 16.1. The lowest BCUT2D eigenvalue weighted by Gasteiger charge is -2.07. The van der Waals surface area contributed by atoms with E-state index in [4.69, 9.17) is 0 Å². The standard InChI is InChI=1S/C11H14BrFN2O3S/c1-2-15-19(17,18)6-5-14-11(16)8-3-4-10(13)9(12)7-8/h3-4,7,15H,2,5-6H2,1H3,(H,14,16). The predicted molar refractivity (Wildman–Crippen MR) is 73.9 cm³/mol. The molecule has 0 atom stereocenters. The van der Waals surface area contributed by atoms with Gasteiger partial charge in [-0.05, 0) is 34.1 Å². The highest BCUT2D eigenvalue weighted by Gasteiger charge is 2.11. The number of benzene rings is 1. The molecule has 0 saturated heterocycles. The summed E-state index contributed by atoms with van der Waals surface area (Å²) >= 11 is 2.97. The van der Waals surface area contributed by atoms with Gasteiger partial charge in [-0.25, -0.2) is 17.5 Å². The van der Waals surface area contributed by atoms with Gasteiger partial charge in [0.05, 0.1) is 10.2 Å². The zero-order valence-electron chi connectivity index (χ0n) is 10.2. The molecule has 0 saturated carbocycles. The van der Waals surface area contributed by atoms with E-state index in [1.165, 1.54) is 12.1 Å². The lowest BCUT2D eigenvalue weighted by atomic mass is 10.2. The molecule has 0 aliphatic carbocycles. The SMILES string of the molecule is CCNS(=O)(=O)CCNC(=O)c1ccc(F)c(Br)c1. The Morgan fingerprint density at radius 3 is 2.68 bits per heavy atom. The van der Waals surface area contributed by atoms with Crippen molar-refractivity contribution in [2.45, 2.75) is 6.92 Å². The van der Waals surface area contributed by atoms with Crippen LogP contribution in [0.5, 0.6) is 0 Å². The summed E-state index contributed by atoms with van der Waals surface area (Å²) in [6.45, 7) is 1.97. The van der Waals surface area contributed by atoms with Crippen molar-refractivity contribution in [1.29, 1.82) is 0 Å². The average molecular weight is 353 g/mol. The van der Waals surface area contributed by atoms with Crippen LogP contribution in [0, 0.1) is 5.82 Å². The number of carbonyl (C=O) groups is 1. The van der Waals surface area contributed by atoms with E-state index in [9.17, 15) is 17.6 Å². The van der Waals surface area contributed by atoms with Crippen LogP contribution in [0.15, 0.2) is 22.7 Å². The third-order valence-electron chi connectivity index (χ3n) is 2.20. The van der Waals surface area contributed by atoms with Gasteiger partial charge in [-0.15, -0.1) is 0 Å². The lowest BCUT2D eigenvalue weighted by molar-refractivity contribution is 0.0956. The van der Waals surface area contributed by atoms with E-state index in [2.05, 4.69) is 26.0 Å². The van der Waals surface area contributed by atoms with Gasteiger partial charge < -0.3 is 5.32 Å². The summed E-state index contributed by atoms with van der Waals surface area (Å²) in [5, 5.41) is 2.46. The summed E-state index contributed by atoms with van der Waals surface area (Å²) in [6.07, 6.45) is 0. The number of hydrogen-bond acceptors (Lipinski definition) is 3. The number of rotatable bonds is 6. The zero-order chi connectivity index (χ0) is 14.5. The molecular weight excluding hydrogens is 339 g/mol. The molecule has 1 aromatic carbocycles. The van der Waals surface area contributed by atoms with Gasteiger partial charge in [-0.3, -0.25) is 4.79 Å². The molecule has 1 rings (SSSR count). The van der Waals surface area contributed by atoms with Crippen LogP contribution in [-0.2, 0) is 10.0 Å². The van der Waals surface area contributed by atoms with Crippen molar-refractivity contribution in [1.82, 2.24) is 10.0 Å². The van der Waals surface area contributed by atoms with E-state index in [1.807, 2.05) is 0 Å². The second-order valence-corrected chi connectivity index (χ2v) is 6.48. The van der Waals surface area contributed by atoms with Crippen LogP contribution in [0.3, 0.4) is 0 Å². The van der Waals surface area contributed by atoms with E-state index in [-0.39, 0.29) is 22.3 Å². The molecule has 106 valence electrons. The Labute approximate surface area is 119 Å². The first-order valence-corrected chi connectivity index (χ1v) is 8.01. The Balaban J connectivity index is 2.54. The van der Waals surface area contributed by atoms with Crippen molar-refractivity contribution in [3.63, 3.8) is 0 Å². The molecule has 0 bridgehead atoms. The summed E-state index contributed by atoms with van der Waals surface area (Å²) in [5.74, 6) is -1.12.